The molecule has 10 heavy (non-hydrogen) atoms. The van der Waals surface area contributed by atoms with Crippen molar-refractivity contribution in [2.45, 2.75) is 0 Å². The van der Waals surface area contributed by atoms with Crippen LogP contribution in [0.1, 0.15) is 0 Å². The molecule has 1 unspecified atom stereocenters. The lowest BCUT2D eigenvalue weighted by atomic mass is 10.6. The number of rotatable bonds is 3. The van der Waals surface area contributed by atoms with Crippen molar-refractivity contribution in [3.8, 4) is 0 Å². The molecule has 0 spiro atoms. The maximum absolute atomic E-state index is 9.87. The molecule has 0 radical (unpaired) electrons. The van der Waals surface area contributed by atoms with E-state index in [1.807, 2.05) is 0 Å². The molecule has 0 aromatic rings. The van der Waals surface area contributed by atoms with Crippen molar-refractivity contribution in [3.63, 3.8) is 0 Å². The third kappa shape index (κ3) is 4.10. The highest BCUT2D eigenvalue weighted by molar-refractivity contribution is 7.20. The molecular weight excluding hydrogens is 149 g/mol. The monoisotopic (exact) mass is 159 g/mol. The van der Waals surface area contributed by atoms with Crippen molar-refractivity contribution in [3.05, 3.63) is 24.0 Å². The van der Waals surface area contributed by atoms with Crippen LogP contribution in [0.3, 0.4) is 0 Å². The first-order valence-electron chi connectivity index (χ1n) is 2.67. The van der Waals surface area contributed by atoms with E-state index in [-0.39, 0.29) is 5.76 Å². The zero-order valence-corrected chi connectivity index (χ0v) is 6.84. The van der Waals surface area contributed by atoms with Crippen molar-refractivity contribution >= 4 is 15.5 Å². The fraction of sp³-hybridized carbons (Fsp3) is 0.167. The van der Waals surface area contributed by atoms with E-state index in [9.17, 15) is 4.79 Å². The SMILES string of the molecule is CN(/C=C\P)/C=C(/O)C=O. The molecule has 0 amide bonds. The zero-order valence-electron chi connectivity index (χ0n) is 5.69. The fourth-order valence-electron chi connectivity index (χ4n) is 0.418. The second kappa shape index (κ2) is 5.00. The molecule has 0 aliphatic rings. The van der Waals surface area contributed by atoms with Crippen molar-refractivity contribution in [1.82, 2.24) is 4.90 Å². The van der Waals surface area contributed by atoms with Gasteiger partial charge in [0.25, 0.3) is 0 Å². The summed E-state index contributed by atoms with van der Waals surface area (Å²) in [6.07, 6.45) is 3.38. The van der Waals surface area contributed by atoms with Crippen LogP contribution in [-0.4, -0.2) is 23.3 Å². The Morgan fingerprint density at radius 2 is 2.30 bits per heavy atom. The van der Waals surface area contributed by atoms with Crippen LogP contribution in [0.5, 0.6) is 0 Å². The van der Waals surface area contributed by atoms with Crippen molar-refractivity contribution in [2.75, 3.05) is 7.05 Å². The third-order valence-electron chi connectivity index (χ3n) is 0.778. The minimum atomic E-state index is -0.286. The number of hydrogen-bond donors (Lipinski definition) is 1. The predicted octanol–water partition coefficient (Wildman–Crippen LogP) is 0.863. The Morgan fingerprint density at radius 3 is 2.70 bits per heavy atom. The van der Waals surface area contributed by atoms with Crippen LogP contribution >= 0.6 is 9.24 Å². The number of carbonyl (C=O) groups excluding carboxylic acids is 1. The molecule has 1 N–H and O–H groups in total. The summed E-state index contributed by atoms with van der Waals surface area (Å²) in [5.41, 5.74) is 0. The molecule has 0 heterocycles. The highest BCUT2D eigenvalue weighted by atomic mass is 31.0. The Hall–Kier alpha value is -0.820. The van der Waals surface area contributed by atoms with Gasteiger partial charge in [0.05, 0.1) is 0 Å². The molecule has 0 saturated heterocycles. The lowest BCUT2D eigenvalue weighted by molar-refractivity contribution is -0.107. The Kier molecular flexibility index (Phi) is 4.59. The van der Waals surface area contributed by atoms with Crippen LogP contribution < -0.4 is 0 Å². The van der Waals surface area contributed by atoms with Gasteiger partial charge < -0.3 is 10.0 Å². The largest absolute Gasteiger partial charge is 0.504 e. The maximum Gasteiger partial charge on any atom is 0.185 e. The van der Waals surface area contributed by atoms with Gasteiger partial charge in [0.1, 0.15) is 0 Å². The molecule has 56 valence electrons. The summed E-state index contributed by atoms with van der Waals surface area (Å²) >= 11 is 0. The molecule has 0 aromatic carbocycles. The van der Waals surface area contributed by atoms with Gasteiger partial charge >= 0.3 is 0 Å². The number of aliphatic hydroxyl groups excluding tert-OH is 1. The first-order chi connectivity index (χ1) is 4.70. The molecule has 4 heteroatoms. The summed E-state index contributed by atoms with van der Waals surface area (Å²) in [6.45, 7) is 0. The van der Waals surface area contributed by atoms with Gasteiger partial charge in [-0.25, -0.2) is 0 Å². The molecule has 3 nitrogen and oxygen atoms in total. The van der Waals surface area contributed by atoms with Gasteiger partial charge in [0.2, 0.25) is 0 Å². The number of aldehydes is 1. The Morgan fingerprint density at radius 1 is 1.70 bits per heavy atom. The number of hydrogen-bond acceptors (Lipinski definition) is 3. The molecule has 0 aromatic heterocycles. The molecule has 0 aliphatic carbocycles. The quantitative estimate of drug-likeness (QED) is 0.287. The van der Waals surface area contributed by atoms with E-state index >= 15 is 0 Å². The van der Waals surface area contributed by atoms with Crippen LogP contribution in [0.25, 0.3) is 0 Å². The molecule has 0 fully saturated rings. The Bertz CT molecular complexity index is 165. The van der Waals surface area contributed by atoms with E-state index in [2.05, 4.69) is 9.24 Å². The summed E-state index contributed by atoms with van der Waals surface area (Å²) < 4.78 is 0. The van der Waals surface area contributed by atoms with E-state index in [0.29, 0.717) is 6.29 Å². The summed E-state index contributed by atoms with van der Waals surface area (Å²) in [5, 5.41) is 8.67. The molecule has 0 rings (SSSR count). The minimum Gasteiger partial charge on any atom is -0.504 e. The summed E-state index contributed by atoms with van der Waals surface area (Å²) in [5.74, 6) is 1.43. The van der Waals surface area contributed by atoms with Crippen LogP contribution in [-0.2, 0) is 4.79 Å². The van der Waals surface area contributed by atoms with E-state index < -0.39 is 0 Å². The summed E-state index contributed by atoms with van der Waals surface area (Å²) in [7, 11) is 4.09. The summed E-state index contributed by atoms with van der Waals surface area (Å²) in [6, 6.07) is 0. The highest BCUT2D eigenvalue weighted by Gasteiger charge is 1.88. The normalized spacial score (nSPS) is 12.0. The lowest BCUT2D eigenvalue weighted by Crippen LogP contribution is -2.01. The minimum absolute atomic E-state index is 0.286. The lowest BCUT2D eigenvalue weighted by Gasteiger charge is -2.04. The van der Waals surface area contributed by atoms with Crippen LogP contribution in [0.2, 0.25) is 0 Å². The number of carbonyl (C=O) groups is 1. The second-order valence-electron chi connectivity index (χ2n) is 1.68. The van der Waals surface area contributed by atoms with E-state index in [4.69, 9.17) is 5.11 Å². The van der Waals surface area contributed by atoms with Crippen molar-refractivity contribution in [2.24, 2.45) is 0 Å². The van der Waals surface area contributed by atoms with Crippen LogP contribution in [0, 0.1) is 0 Å². The second-order valence-corrected chi connectivity index (χ2v) is 2.06. The first kappa shape index (κ1) is 9.18. The van der Waals surface area contributed by atoms with Crippen LogP contribution in [0.4, 0.5) is 0 Å². The Balaban J connectivity index is 3.98. The van der Waals surface area contributed by atoms with Crippen molar-refractivity contribution in [1.29, 1.82) is 0 Å². The molecular formula is C6H10NO2P. The van der Waals surface area contributed by atoms with Gasteiger partial charge in [0.15, 0.2) is 12.0 Å². The molecule has 0 aliphatic heterocycles. The van der Waals surface area contributed by atoms with E-state index in [1.165, 1.54) is 6.20 Å². The van der Waals surface area contributed by atoms with Gasteiger partial charge in [-0.15, -0.1) is 9.24 Å². The number of aliphatic hydroxyl groups is 1. The summed E-state index contributed by atoms with van der Waals surface area (Å²) in [4.78, 5) is 11.4. The van der Waals surface area contributed by atoms with Gasteiger partial charge in [-0.3, -0.25) is 4.79 Å². The molecule has 1 atom stereocenters. The van der Waals surface area contributed by atoms with Gasteiger partial charge in [0, 0.05) is 19.4 Å². The van der Waals surface area contributed by atoms with E-state index in [0.717, 1.165) is 0 Å². The first-order valence-corrected chi connectivity index (χ1v) is 3.33. The van der Waals surface area contributed by atoms with E-state index in [1.54, 1.807) is 24.0 Å². The smallest absolute Gasteiger partial charge is 0.185 e. The van der Waals surface area contributed by atoms with Crippen molar-refractivity contribution < 1.29 is 9.90 Å². The standard InChI is InChI=1S/C6H10NO2P/c1-7(2-3-10)4-6(9)5-8/h2-5,9H,10H2,1H3/b3-2-,6-4+. The molecule has 0 saturated carbocycles. The predicted molar refractivity (Wildman–Crippen MR) is 43.4 cm³/mol. The highest BCUT2D eigenvalue weighted by Crippen LogP contribution is 1.92. The van der Waals surface area contributed by atoms with Crippen LogP contribution in [0.15, 0.2) is 24.0 Å². The Labute approximate surface area is 62.2 Å². The average Bonchev–Trinajstić information content (AvgIpc) is 1.88. The van der Waals surface area contributed by atoms with Gasteiger partial charge in [-0.1, -0.05) is 5.82 Å². The molecule has 0 bridgehead atoms. The fourth-order valence-corrected chi connectivity index (χ4v) is 0.689. The van der Waals surface area contributed by atoms with Gasteiger partial charge in [-0.05, 0) is 0 Å². The number of nitrogens with zero attached hydrogens (tertiary/aromatic N) is 1. The average molecular weight is 159 g/mol. The maximum atomic E-state index is 9.87. The third-order valence-corrected chi connectivity index (χ3v) is 0.950. The zero-order chi connectivity index (χ0) is 7.98. The topological polar surface area (TPSA) is 40.5 Å². The number of allylic oxidation sites excluding steroid dienone is 1. The van der Waals surface area contributed by atoms with Gasteiger partial charge in [-0.2, -0.15) is 0 Å².